The predicted octanol–water partition coefficient (Wildman–Crippen LogP) is 5.39. The van der Waals surface area contributed by atoms with Gasteiger partial charge >= 0.3 is 0 Å². The molecule has 2 aromatic heterocycles. The van der Waals surface area contributed by atoms with E-state index in [0.29, 0.717) is 67.8 Å². The van der Waals surface area contributed by atoms with E-state index in [0.717, 1.165) is 11.4 Å². The van der Waals surface area contributed by atoms with Gasteiger partial charge in [0.2, 0.25) is 5.91 Å². The minimum atomic E-state index is -0.565. The van der Waals surface area contributed by atoms with E-state index in [1.54, 1.807) is 58.3 Å². The summed E-state index contributed by atoms with van der Waals surface area (Å²) >= 11 is 0. The number of hydrogen-bond acceptors (Lipinski definition) is 7. The number of amides is 2. The maximum absolute atomic E-state index is 16.7. The molecule has 7 rings (SSSR count). The number of aryl methyl sites for hydroxylation is 1. The molecule has 2 aliphatic heterocycles. The van der Waals surface area contributed by atoms with E-state index < -0.39 is 11.6 Å². The van der Waals surface area contributed by atoms with Crippen molar-refractivity contribution in [1.82, 2.24) is 29.8 Å². The molecule has 2 amide bonds. The van der Waals surface area contributed by atoms with Crippen molar-refractivity contribution in [1.29, 1.82) is 0 Å². The molecule has 4 heterocycles. The fraction of sp³-hybridized carbons (Fsp3) is 0.297. The molecule has 1 fully saturated rings. The lowest BCUT2D eigenvalue weighted by Crippen LogP contribution is -2.49. The van der Waals surface area contributed by atoms with E-state index in [2.05, 4.69) is 20.2 Å². The molecule has 258 valence electrons. The Kier molecular flexibility index (Phi) is 9.20. The van der Waals surface area contributed by atoms with Crippen LogP contribution in [0.2, 0.25) is 0 Å². The van der Waals surface area contributed by atoms with Crippen molar-refractivity contribution < 1.29 is 27.8 Å². The maximum atomic E-state index is 16.7. The van der Waals surface area contributed by atoms with Gasteiger partial charge < -0.3 is 29.2 Å². The molecule has 0 spiro atoms. The molecule has 11 nitrogen and oxygen atoms in total. The van der Waals surface area contributed by atoms with Crippen LogP contribution in [-0.2, 0) is 11.3 Å². The predicted molar refractivity (Wildman–Crippen MR) is 185 cm³/mol. The van der Waals surface area contributed by atoms with Crippen LogP contribution in [0.1, 0.15) is 28.9 Å². The van der Waals surface area contributed by atoms with Crippen LogP contribution in [0.5, 0.6) is 11.5 Å². The topological polar surface area (TPSA) is 109 Å². The fourth-order valence-electron chi connectivity index (χ4n) is 6.84. The normalized spacial score (nSPS) is 15.0. The summed E-state index contributed by atoms with van der Waals surface area (Å²) in [4.78, 5) is 35.8. The van der Waals surface area contributed by atoms with Gasteiger partial charge in [0.05, 0.1) is 38.2 Å². The monoisotopic (exact) mass is 681 g/mol. The zero-order valence-corrected chi connectivity index (χ0v) is 27.9. The number of ether oxygens (including phenoxy) is 2. The number of piperazine rings is 1. The molecule has 5 aromatic rings. The van der Waals surface area contributed by atoms with Crippen molar-refractivity contribution in [2.75, 3.05) is 58.4 Å². The SMILES string of the molecule is COc1ccccc1N1CCN(C(=O)c2cc3c(-c4cccc(F)c4OC)cc(C4=CCCN(C(=O)CCn5ccnn5)C4)c(F)c3[nH]2)CC1. The van der Waals surface area contributed by atoms with Crippen molar-refractivity contribution in [2.24, 2.45) is 0 Å². The highest BCUT2D eigenvalue weighted by molar-refractivity contribution is 6.05. The summed E-state index contributed by atoms with van der Waals surface area (Å²) in [6.45, 7) is 3.18. The molecular weight excluding hydrogens is 644 g/mol. The number of benzene rings is 3. The Morgan fingerprint density at radius 1 is 0.900 bits per heavy atom. The molecule has 0 radical (unpaired) electrons. The average molecular weight is 682 g/mol. The van der Waals surface area contributed by atoms with Gasteiger partial charge in [-0.1, -0.05) is 35.6 Å². The first-order valence-electron chi connectivity index (χ1n) is 16.5. The summed E-state index contributed by atoms with van der Waals surface area (Å²) in [6.07, 6.45) is 5.93. The van der Waals surface area contributed by atoms with E-state index in [4.69, 9.17) is 9.47 Å². The lowest BCUT2D eigenvalue weighted by molar-refractivity contribution is -0.131. The highest BCUT2D eigenvalue weighted by Crippen LogP contribution is 2.41. The summed E-state index contributed by atoms with van der Waals surface area (Å²) in [5.41, 5.74) is 3.11. The first-order valence-corrected chi connectivity index (χ1v) is 16.5. The first kappa shape index (κ1) is 32.8. The van der Waals surface area contributed by atoms with Crippen LogP contribution in [0.25, 0.3) is 27.6 Å². The molecule has 2 aliphatic rings. The van der Waals surface area contributed by atoms with Gasteiger partial charge in [0.25, 0.3) is 5.91 Å². The number of carbonyl (C=O) groups is 2. The number of H-pyrrole nitrogens is 1. The highest BCUT2D eigenvalue weighted by Gasteiger charge is 2.29. The second-order valence-electron chi connectivity index (χ2n) is 12.3. The third kappa shape index (κ3) is 6.26. The van der Waals surface area contributed by atoms with Crippen LogP contribution in [0.15, 0.2) is 73.1 Å². The van der Waals surface area contributed by atoms with Gasteiger partial charge in [0.15, 0.2) is 17.4 Å². The number of nitrogens with one attached hydrogen (secondary N) is 1. The molecule has 0 unspecified atom stereocenters. The number of methoxy groups -OCH3 is 2. The van der Waals surface area contributed by atoms with Crippen molar-refractivity contribution in [2.45, 2.75) is 19.4 Å². The number of hydrogen-bond donors (Lipinski definition) is 1. The number of aromatic amines is 1. The molecule has 13 heteroatoms. The molecule has 0 aliphatic carbocycles. The minimum Gasteiger partial charge on any atom is -0.495 e. The zero-order valence-electron chi connectivity index (χ0n) is 27.9. The van der Waals surface area contributed by atoms with Gasteiger partial charge in [-0.25, -0.2) is 8.78 Å². The number of anilines is 1. The van der Waals surface area contributed by atoms with E-state index in [9.17, 15) is 9.59 Å². The van der Waals surface area contributed by atoms with E-state index in [1.165, 1.54) is 13.2 Å². The van der Waals surface area contributed by atoms with Crippen LogP contribution in [0.3, 0.4) is 0 Å². The van der Waals surface area contributed by atoms with Gasteiger partial charge in [-0.05, 0) is 47.9 Å². The first-order chi connectivity index (χ1) is 24.4. The molecule has 1 N–H and O–H groups in total. The van der Waals surface area contributed by atoms with E-state index in [1.807, 2.05) is 30.3 Å². The van der Waals surface area contributed by atoms with Gasteiger partial charge in [-0.15, -0.1) is 5.10 Å². The molecule has 1 saturated heterocycles. The smallest absolute Gasteiger partial charge is 0.270 e. The summed E-state index contributed by atoms with van der Waals surface area (Å²) in [5.74, 6) is -0.692. The van der Waals surface area contributed by atoms with Gasteiger partial charge in [0.1, 0.15) is 11.4 Å². The number of nitrogens with zero attached hydrogens (tertiary/aromatic N) is 6. The van der Waals surface area contributed by atoms with E-state index in [-0.39, 0.29) is 47.3 Å². The summed E-state index contributed by atoms with van der Waals surface area (Å²) in [7, 11) is 3.02. The van der Waals surface area contributed by atoms with E-state index >= 15 is 8.78 Å². The fourth-order valence-corrected chi connectivity index (χ4v) is 6.84. The molecule has 0 atom stereocenters. The van der Waals surface area contributed by atoms with Crippen LogP contribution >= 0.6 is 0 Å². The molecular formula is C37H37F2N7O4. The second kappa shape index (κ2) is 14.0. The second-order valence-corrected chi connectivity index (χ2v) is 12.3. The summed E-state index contributed by atoms with van der Waals surface area (Å²) < 4.78 is 44.3. The third-order valence-corrected chi connectivity index (χ3v) is 9.41. The molecule has 0 bridgehead atoms. The van der Waals surface area contributed by atoms with Crippen molar-refractivity contribution in [3.8, 4) is 22.6 Å². The molecule has 50 heavy (non-hydrogen) atoms. The Morgan fingerprint density at radius 2 is 1.72 bits per heavy atom. The standard InChI is InChI=1S/C37H37F2N7O4/c1-49-32-11-4-3-10-31(32)43-17-19-44(20-18-43)37(48)30-22-28-27(25-8-5-9-29(38)36(25)50-2)21-26(34(39)35(28)41-30)24-7-6-14-45(23-24)33(47)12-15-46-16-13-40-42-46/h3-5,7-11,13,16,21-22,41H,6,12,14-15,17-20,23H2,1-2H3. The van der Waals surface area contributed by atoms with Crippen LogP contribution in [0.4, 0.5) is 14.5 Å². The number of halogens is 2. The lowest BCUT2D eigenvalue weighted by Gasteiger charge is -2.36. The van der Waals surface area contributed by atoms with Gasteiger partial charge in [-0.2, -0.15) is 0 Å². The summed E-state index contributed by atoms with van der Waals surface area (Å²) in [6, 6.07) is 15.6. The quantitative estimate of drug-likeness (QED) is 0.222. The van der Waals surface area contributed by atoms with Crippen molar-refractivity contribution >= 4 is 34.0 Å². The maximum Gasteiger partial charge on any atom is 0.270 e. The zero-order chi connectivity index (χ0) is 34.8. The molecule has 0 saturated carbocycles. The van der Waals surface area contributed by atoms with Crippen molar-refractivity contribution in [3.05, 3.63) is 96.0 Å². The number of para-hydroxylation sites is 3. The van der Waals surface area contributed by atoms with Gasteiger partial charge in [-0.3, -0.25) is 14.3 Å². The number of aromatic nitrogens is 4. The molecule has 3 aromatic carbocycles. The number of carbonyl (C=O) groups excluding carboxylic acids is 2. The Bertz CT molecular complexity index is 2070. The van der Waals surface area contributed by atoms with Crippen LogP contribution in [0, 0.1) is 11.6 Å². The van der Waals surface area contributed by atoms with Crippen LogP contribution in [-0.4, -0.2) is 95.1 Å². The lowest BCUT2D eigenvalue weighted by atomic mass is 9.92. The highest BCUT2D eigenvalue weighted by atomic mass is 19.1. The Morgan fingerprint density at radius 3 is 2.48 bits per heavy atom. The third-order valence-electron chi connectivity index (χ3n) is 9.41. The van der Waals surface area contributed by atoms with Crippen molar-refractivity contribution in [3.63, 3.8) is 0 Å². The average Bonchev–Trinajstić information content (AvgIpc) is 3.85. The minimum absolute atomic E-state index is 0.00966. The van der Waals surface area contributed by atoms with Gasteiger partial charge in [0, 0.05) is 68.4 Å². The Balaban J connectivity index is 1.21. The van der Waals surface area contributed by atoms with Crippen LogP contribution < -0.4 is 14.4 Å². The summed E-state index contributed by atoms with van der Waals surface area (Å²) in [5, 5.41) is 8.12. The number of rotatable bonds is 9. The Hall–Kier alpha value is -5.72. The number of fused-ring (bicyclic) bond motifs is 1. The largest absolute Gasteiger partial charge is 0.495 e. The Labute approximate surface area is 287 Å².